The van der Waals surface area contributed by atoms with Crippen LogP contribution in [0.15, 0.2) is 4.79 Å². The van der Waals surface area contributed by atoms with Crippen LogP contribution in [-0.4, -0.2) is 46.3 Å². The maximum atomic E-state index is 13.1. The summed E-state index contributed by atoms with van der Waals surface area (Å²) in [6.45, 7) is 5.07. The Hall–Kier alpha value is -1.69. The van der Waals surface area contributed by atoms with Crippen LogP contribution in [0, 0.1) is 0 Å². The Balaban J connectivity index is 1.98. The van der Waals surface area contributed by atoms with Crippen molar-refractivity contribution in [3.63, 3.8) is 0 Å². The van der Waals surface area contributed by atoms with Crippen molar-refractivity contribution in [1.82, 2.24) is 15.1 Å². The Kier molecular flexibility index (Phi) is 4.80. The van der Waals surface area contributed by atoms with Gasteiger partial charge in [-0.3, -0.25) is 9.59 Å². The number of fused-ring (bicyclic) bond motifs is 1. The van der Waals surface area contributed by atoms with Gasteiger partial charge in [-0.25, -0.2) is 5.10 Å². The molecule has 23 heavy (non-hydrogen) atoms. The lowest BCUT2D eigenvalue weighted by Crippen LogP contribution is -2.55. The van der Waals surface area contributed by atoms with E-state index in [1.54, 1.807) is 0 Å². The second-order valence-corrected chi connectivity index (χ2v) is 6.32. The van der Waals surface area contributed by atoms with Gasteiger partial charge in [0.15, 0.2) is 0 Å². The topological polar surface area (TPSA) is 75.3 Å². The lowest BCUT2D eigenvalue weighted by Gasteiger charge is -2.43. The van der Waals surface area contributed by atoms with Gasteiger partial charge in [-0.05, 0) is 31.2 Å². The van der Waals surface area contributed by atoms with Crippen LogP contribution in [0.4, 0.5) is 0 Å². The van der Waals surface area contributed by atoms with Gasteiger partial charge >= 0.3 is 0 Å². The summed E-state index contributed by atoms with van der Waals surface area (Å²) < 4.78 is 5.84. The fourth-order valence-corrected chi connectivity index (χ4v) is 3.91. The average Bonchev–Trinajstić information content (AvgIpc) is 2.60. The number of aryl methyl sites for hydroxylation is 1. The molecule has 1 aliphatic carbocycles. The molecule has 1 aromatic rings. The van der Waals surface area contributed by atoms with Gasteiger partial charge in [-0.2, -0.15) is 5.10 Å². The van der Waals surface area contributed by atoms with Crippen molar-refractivity contribution in [2.45, 2.75) is 64.5 Å². The molecule has 126 valence electrons. The lowest BCUT2D eigenvalue weighted by molar-refractivity contribution is -0.0753. The number of aromatic amines is 1. The molecule has 6 heteroatoms. The molecule has 2 unspecified atom stereocenters. The SMILES string of the molecule is CCc1n[nH]c(=O)c(C(=O)N2CCOC3CCCCC32)c1CC. The fourth-order valence-electron chi connectivity index (χ4n) is 3.91. The third-order valence-corrected chi connectivity index (χ3v) is 5.06. The fraction of sp³-hybridized carbons (Fsp3) is 0.706. The van der Waals surface area contributed by atoms with E-state index >= 15 is 0 Å². The Morgan fingerprint density at radius 1 is 1.30 bits per heavy atom. The van der Waals surface area contributed by atoms with Gasteiger partial charge in [0.2, 0.25) is 0 Å². The van der Waals surface area contributed by atoms with E-state index in [-0.39, 0.29) is 29.2 Å². The van der Waals surface area contributed by atoms with Crippen LogP contribution < -0.4 is 5.56 Å². The van der Waals surface area contributed by atoms with Crippen LogP contribution in [0.25, 0.3) is 0 Å². The number of hydrogen-bond acceptors (Lipinski definition) is 4. The van der Waals surface area contributed by atoms with Crippen molar-refractivity contribution in [1.29, 1.82) is 0 Å². The van der Waals surface area contributed by atoms with Crippen molar-refractivity contribution < 1.29 is 9.53 Å². The number of morpholine rings is 1. The average molecular weight is 319 g/mol. The number of amides is 1. The molecule has 6 nitrogen and oxygen atoms in total. The van der Waals surface area contributed by atoms with Crippen LogP contribution in [0.2, 0.25) is 0 Å². The van der Waals surface area contributed by atoms with E-state index in [2.05, 4.69) is 10.2 Å². The summed E-state index contributed by atoms with van der Waals surface area (Å²) in [5, 5.41) is 6.61. The van der Waals surface area contributed by atoms with Crippen LogP contribution in [0.5, 0.6) is 0 Å². The molecule has 2 aliphatic rings. The third kappa shape index (κ3) is 2.92. The van der Waals surface area contributed by atoms with E-state index in [1.807, 2.05) is 18.7 Å². The molecule has 0 radical (unpaired) electrons. The lowest BCUT2D eigenvalue weighted by atomic mass is 9.89. The van der Waals surface area contributed by atoms with Gasteiger partial charge < -0.3 is 9.64 Å². The molecular weight excluding hydrogens is 294 g/mol. The van der Waals surface area contributed by atoms with E-state index in [4.69, 9.17) is 4.74 Å². The second kappa shape index (κ2) is 6.83. The van der Waals surface area contributed by atoms with Crippen LogP contribution in [-0.2, 0) is 17.6 Å². The van der Waals surface area contributed by atoms with E-state index in [9.17, 15) is 9.59 Å². The summed E-state index contributed by atoms with van der Waals surface area (Å²) in [7, 11) is 0. The second-order valence-electron chi connectivity index (χ2n) is 6.32. The number of carbonyl (C=O) groups is 1. The molecular formula is C17H25N3O3. The zero-order chi connectivity index (χ0) is 16.4. The van der Waals surface area contributed by atoms with Crippen molar-refractivity contribution in [3.05, 3.63) is 27.2 Å². The van der Waals surface area contributed by atoms with Crippen molar-refractivity contribution >= 4 is 5.91 Å². The zero-order valence-corrected chi connectivity index (χ0v) is 13.9. The quantitative estimate of drug-likeness (QED) is 0.920. The molecule has 0 aromatic carbocycles. The molecule has 3 rings (SSSR count). The van der Waals surface area contributed by atoms with Crippen LogP contribution >= 0.6 is 0 Å². The summed E-state index contributed by atoms with van der Waals surface area (Å²) in [6.07, 6.45) is 5.69. The Morgan fingerprint density at radius 2 is 2.09 bits per heavy atom. The first-order valence-electron chi connectivity index (χ1n) is 8.70. The maximum absolute atomic E-state index is 13.1. The Morgan fingerprint density at radius 3 is 2.83 bits per heavy atom. The van der Waals surface area contributed by atoms with Crippen molar-refractivity contribution in [2.75, 3.05) is 13.2 Å². The van der Waals surface area contributed by atoms with Crippen LogP contribution in [0.3, 0.4) is 0 Å². The highest BCUT2D eigenvalue weighted by atomic mass is 16.5. The van der Waals surface area contributed by atoms with Gasteiger partial charge in [-0.1, -0.05) is 26.7 Å². The van der Waals surface area contributed by atoms with Crippen molar-refractivity contribution in [3.8, 4) is 0 Å². The number of hydrogen-bond donors (Lipinski definition) is 1. The number of nitrogens with one attached hydrogen (secondary N) is 1. The molecule has 1 amide bonds. The molecule has 1 saturated heterocycles. The normalized spacial score (nSPS) is 24.3. The molecule has 1 N–H and O–H groups in total. The first-order chi connectivity index (χ1) is 11.2. The molecule has 2 atom stereocenters. The molecule has 1 aromatic heterocycles. The highest BCUT2D eigenvalue weighted by molar-refractivity contribution is 5.95. The standard InChI is InChI=1S/C17H25N3O3/c1-3-11-12(4-2)18-19-16(21)15(11)17(22)20-9-10-23-14-8-6-5-7-13(14)20/h13-14H,3-10H2,1-2H3,(H,19,21). The van der Waals surface area contributed by atoms with Crippen LogP contribution in [0.1, 0.15) is 61.1 Å². The minimum Gasteiger partial charge on any atom is -0.374 e. The highest BCUT2D eigenvalue weighted by Gasteiger charge is 2.38. The molecule has 1 saturated carbocycles. The summed E-state index contributed by atoms with van der Waals surface area (Å²) >= 11 is 0. The van der Waals surface area contributed by atoms with E-state index in [0.717, 1.165) is 36.9 Å². The Bertz CT molecular complexity index is 638. The maximum Gasteiger partial charge on any atom is 0.277 e. The van der Waals surface area contributed by atoms with Crippen molar-refractivity contribution in [2.24, 2.45) is 0 Å². The smallest absolute Gasteiger partial charge is 0.277 e. The number of nitrogens with zero attached hydrogens (tertiary/aromatic N) is 2. The summed E-state index contributed by atoms with van der Waals surface area (Å²) in [5.41, 5.74) is 1.51. The zero-order valence-electron chi connectivity index (χ0n) is 13.9. The number of ether oxygens (including phenoxy) is 1. The number of carbonyl (C=O) groups excluding carboxylic acids is 1. The summed E-state index contributed by atoms with van der Waals surface area (Å²) in [5.74, 6) is -0.152. The Labute approximate surface area is 136 Å². The molecule has 0 spiro atoms. The number of H-pyrrole nitrogens is 1. The minimum absolute atomic E-state index is 0.104. The third-order valence-electron chi connectivity index (χ3n) is 5.06. The van der Waals surface area contributed by atoms with E-state index in [1.165, 1.54) is 0 Å². The van der Waals surface area contributed by atoms with Gasteiger partial charge in [0.05, 0.1) is 24.4 Å². The van der Waals surface area contributed by atoms with Gasteiger partial charge in [0, 0.05) is 6.54 Å². The first kappa shape index (κ1) is 16.2. The number of aromatic nitrogens is 2. The largest absolute Gasteiger partial charge is 0.374 e. The molecule has 0 bridgehead atoms. The summed E-state index contributed by atoms with van der Waals surface area (Å²) in [4.78, 5) is 27.3. The highest BCUT2D eigenvalue weighted by Crippen LogP contribution is 2.29. The predicted molar refractivity (Wildman–Crippen MR) is 86.6 cm³/mol. The van der Waals surface area contributed by atoms with Gasteiger partial charge in [-0.15, -0.1) is 0 Å². The number of rotatable bonds is 3. The first-order valence-corrected chi connectivity index (χ1v) is 8.70. The monoisotopic (exact) mass is 319 g/mol. The molecule has 2 fully saturated rings. The van der Waals surface area contributed by atoms with E-state index < -0.39 is 0 Å². The predicted octanol–water partition coefficient (Wildman–Crippen LogP) is 1.68. The minimum atomic E-state index is -0.372. The van der Waals surface area contributed by atoms with E-state index in [0.29, 0.717) is 26.0 Å². The molecule has 1 aliphatic heterocycles. The summed E-state index contributed by atoms with van der Waals surface area (Å²) in [6, 6.07) is 0.104. The molecule has 2 heterocycles. The van der Waals surface area contributed by atoms with Gasteiger partial charge in [0.1, 0.15) is 5.56 Å². The van der Waals surface area contributed by atoms with Gasteiger partial charge in [0.25, 0.3) is 11.5 Å².